The van der Waals surface area contributed by atoms with Crippen LogP contribution in [-0.2, 0) is 19.1 Å². The Kier molecular flexibility index (Phi) is 5.82. The third-order valence-electron chi connectivity index (χ3n) is 5.72. The van der Waals surface area contributed by atoms with E-state index in [1.165, 1.54) is 0 Å². The first kappa shape index (κ1) is 19.2. The van der Waals surface area contributed by atoms with Crippen LogP contribution in [0.15, 0.2) is 24.3 Å². The normalized spacial score (nSPS) is 26.1. The molecule has 7 nitrogen and oxygen atoms in total. The number of carbonyl (C=O) groups excluding carboxylic acids is 2. The number of benzene rings is 1. The molecule has 28 heavy (non-hydrogen) atoms. The Labute approximate surface area is 165 Å². The van der Waals surface area contributed by atoms with Crippen molar-refractivity contribution >= 4 is 17.5 Å². The highest BCUT2D eigenvalue weighted by Gasteiger charge is 2.43. The van der Waals surface area contributed by atoms with Crippen molar-refractivity contribution in [2.75, 3.05) is 37.8 Å². The second-order valence-electron chi connectivity index (χ2n) is 7.51. The van der Waals surface area contributed by atoms with Gasteiger partial charge in [-0.25, -0.2) is 0 Å². The first-order valence-corrected chi connectivity index (χ1v) is 10.2. The molecule has 0 bridgehead atoms. The predicted octanol–water partition coefficient (Wildman–Crippen LogP) is 2.19. The maximum absolute atomic E-state index is 13.3. The number of likely N-dealkylation sites (tertiary alicyclic amines) is 1. The number of piperidine rings is 1. The molecular weight excluding hydrogens is 360 g/mol. The van der Waals surface area contributed by atoms with E-state index >= 15 is 0 Å². The second-order valence-corrected chi connectivity index (χ2v) is 7.51. The molecule has 0 saturated carbocycles. The van der Waals surface area contributed by atoms with Gasteiger partial charge < -0.3 is 24.0 Å². The minimum absolute atomic E-state index is 0.0348. The van der Waals surface area contributed by atoms with E-state index in [1.807, 2.05) is 36.1 Å². The van der Waals surface area contributed by atoms with Gasteiger partial charge in [0.25, 0.3) is 0 Å². The average molecular weight is 388 g/mol. The highest BCUT2D eigenvalue weighted by molar-refractivity contribution is 6.01. The molecule has 3 aliphatic heterocycles. The molecule has 0 radical (unpaired) electrons. The van der Waals surface area contributed by atoms with Gasteiger partial charge in [-0.15, -0.1) is 0 Å². The van der Waals surface area contributed by atoms with Gasteiger partial charge in [0.15, 0.2) is 6.29 Å². The van der Waals surface area contributed by atoms with Crippen LogP contribution in [0, 0.1) is 5.92 Å². The Morgan fingerprint density at radius 1 is 1.21 bits per heavy atom. The summed E-state index contributed by atoms with van der Waals surface area (Å²) in [6.07, 6.45) is 2.82. The molecule has 152 valence electrons. The Morgan fingerprint density at radius 2 is 2.00 bits per heavy atom. The van der Waals surface area contributed by atoms with E-state index in [0.717, 1.165) is 24.9 Å². The molecule has 2 amide bonds. The van der Waals surface area contributed by atoms with Gasteiger partial charge in [-0.3, -0.25) is 9.59 Å². The minimum atomic E-state index is -0.343. The summed E-state index contributed by atoms with van der Waals surface area (Å²) in [5.74, 6) is 0.334. The van der Waals surface area contributed by atoms with Crippen LogP contribution in [-0.4, -0.2) is 62.0 Å². The molecule has 0 aliphatic carbocycles. The molecule has 3 heterocycles. The third-order valence-corrected chi connectivity index (χ3v) is 5.72. The molecule has 7 heteroatoms. The number of rotatable bonds is 5. The zero-order valence-corrected chi connectivity index (χ0v) is 16.3. The molecule has 0 aromatic heterocycles. The number of nitrogens with zero attached hydrogens (tertiary/aromatic N) is 2. The van der Waals surface area contributed by atoms with Crippen molar-refractivity contribution in [3.63, 3.8) is 0 Å². The number of carbonyl (C=O) groups is 2. The fourth-order valence-corrected chi connectivity index (χ4v) is 4.41. The Hall–Kier alpha value is -2.12. The Morgan fingerprint density at radius 3 is 2.79 bits per heavy atom. The van der Waals surface area contributed by atoms with Gasteiger partial charge in [0.2, 0.25) is 11.8 Å². The van der Waals surface area contributed by atoms with E-state index in [2.05, 4.69) is 0 Å². The largest absolute Gasteiger partial charge is 0.492 e. The van der Waals surface area contributed by atoms with Crippen molar-refractivity contribution in [2.24, 2.45) is 5.92 Å². The van der Waals surface area contributed by atoms with Crippen molar-refractivity contribution in [1.29, 1.82) is 0 Å². The smallest absolute Gasteiger partial charge is 0.228 e. The van der Waals surface area contributed by atoms with Crippen LogP contribution in [0.1, 0.15) is 32.6 Å². The van der Waals surface area contributed by atoms with Crippen LogP contribution in [0.25, 0.3) is 0 Å². The molecule has 3 fully saturated rings. The van der Waals surface area contributed by atoms with E-state index in [0.29, 0.717) is 38.7 Å². The van der Waals surface area contributed by atoms with Crippen molar-refractivity contribution in [3.05, 3.63) is 24.3 Å². The van der Waals surface area contributed by atoms with Gasteiger partial charge in [0.1, 0.15) is 5.75 Å². The lowest BCUT2D eigenvalue weighted by Crippen LogP contribution is -2.52. The van der Waals surface area contributed by atoms with Gasteiger partial charge in [-0.1, -0.05) is 12.1 Å². The van der Waals surface area contributed by atoms with E-state index < -0.39 is 0 Å². The molecule has 3 aliphatic rings. The molecule has 3 saturated heterocycles. The summed E-state index contributed by atoms with van der Waals surface area (Å²) in [7, 11) is 0. The lowest BCUT2D eigenvalue weighted by atomic mass is 9.98. The van der Waals surface area contributed by atoms with Crippen LogP contribution in [0.2, 0.25) is 0 Å². The fourth-order valence-electron chi connectivity index (χ4n) is 4.41. The molecule has 2 atom stereocenters. The van der Waals surface area contributed by atoms with Crippen molar-refractivity contribution in [1.82, 2.24) is 4.90 Å². The molecule has 1 aromatic rings. The molecular formula is C21H28N2O5. The van der Waals surface area contributed by atoms with Crippen molar-refractivity contribution < 1.29 is 23.8 Å². The maximum Gasteiger partial charge on any atom is 0.228 e. The van der Waals surface area contributed by atoms with Crippen LogP contribution >= 0.6 is 0 Å². The summed E-state index contributed by atoms with van der Waals surface area (Å²) in [5, 5.41) is 0. The topological polar surface area (TPSA) is 68.3 Å². The number of para-hydroxylation sites is 2. The standard InChI is InChI=1S/C21H28N2O5/c1-2-26-18-9-4-3-7-16(18)23-14-15(13-19(23)24)20(25)22-10-6-5-8-17(22)21-27-11-12-28-21/h3-4,7,9,15,17,21H,2,5-6,8,10-14H2,1H3. The summed E-state index contributed by atoms with van der Waals surface area (Å²) in [6, 6.07) is 7.45. The van der Waals surface area contributed by atoms with E-state index in [9.17, 15) is 9.59 Å². The number of hydrogen-bond acceptors (Lipinski definition) is 5. The zero-order valence-electron chi connectivity index (χ0n) is 16.3. The quantitative estimate of drug-likeness (QED) is 0.774. The third kappa shape index (κ3) is 3.73. The molecule has 2 unspecified atom stereocenters. The van der Waals surface area contributed by atoms with Crippen LogP contribution in [0.5, 0.6) is 5.75 Å². The minimum Gasteiger partial charge on any atom is -0.492 e. The van der Waals surface area contributed by atoms with Crippen LogP contribution in [0.3, 0.4) is 0 Å². The fraction of sp³-hybridized carbons (Fsp3) is 0.619. The molecule has 4 rings (SSSR count). The summed E-state index contributed by atoms with van der Waals surface area (Å²) < 4.78 is 17.0. The van der Waals surface area contributed by atoms with E-state index in [1.54, 1.807) is 4.90 Å². The molecule has 0 spiro atoms. The monoisotopic (exact) mass is 388 g/mol. The number of hydrogen-bond donors (Lipinski definition) is 0. The average Bonchev–Trinajstić information content (AvgIpc) is 3.38. The van der Waals surface area contributed by atoms with Gasteiger partial charge in [-0.05, 0) is 38.3 Å². The summed E-state index contributed by atoms with van der Waals surface area (Å²) in [4.78, 5) is 29.6. The van der Waals surface area contributed by atoms with Gasteiger partial charge in [-0.2, -0.15) is 0 Å². The number of amides is 2. The van der Waals surface area contributed by atoms with Crippen LogP contribution < -0.4 is 9.64 Å². The van der Waals surface area contributed by atoms with Crippen molar-refractivity contribution in [3.8, 4) is 5.75 Å². The SMILES string of the molecule is CCOc1ccccc1N1CC(C(=O)N2CCCCC2C2OCCO2)CC1=O. The van der Waals surface area contributed by atoms with Gasteiger partial charge >= 0.3 is 0 Å². The lowest BCUT2D eigenvalue weighted by molar-refractivity contribution is -0.154. The summed E-state index contributed by atoms with van der Waals surface area (Å²) in [6.45, 7) is 4.68. The summed E-state index contributed by atoms with van der Waals surface area (Å²) >= 11 is 0. The Balaban J connectivity index is 1.49. The maximum atomic E-state index is 13.3. The first-order chi connectivity index (χ1) is 13.7. The highest BCUT2D eigenvalue weighted by Crippen LogP contribution is 2.35. The predicted molar refractivity (Wildman–Crippen MR) is 103 cm³/mol. The highest BCUT2D eigenvalue weighted by atomic mass is 16.7. The first-order valence-electron chi connectivity index (χ1n) is 10.2. The number of anilines is 1. The zero-order chi connectivity index (χ0) is 19.5. The number of ether oxygens (including phenoxy) is 3. The van der Waals surface area contributed by atoms with E-state index in [-0.39, 0.29) is 36.5 Å². The lowest BCUT2D eigenvalue weighted by Gasteiger charge is -2.39. The summed E-state index contributed by atoms with van der Waals surface area (Å²) in [5.41, 5.74) is 0.738. The molecule has 1 aromatic carbocycles. The van der Waals surface area contributed by atoms with Crippen LogP contribution in [0.4, 0.5) is 5.69 Å². The Bertz CT molecular complexity index is 719. The van der Waals surface area contributed by atoms with E-state index in [4.69, 9.17) is 14.2 Å². The van der Waals surface area contributed by atoms with Crippen molar-refractivity contribution in [2.45, 2.75) is 44.9 Å². The van der Waals surface area contributed by atoms with Gasteiger partial charge in [0, 0.05) is 19.5 Å². The molecule has 0 N–H and O–H groups in total. The second kappa shape index (κ2) is 8.49. The van der Waals surface area contributed by atoms with Gasteiger partial charge in [0.05, 0.1) is 37.5 Å².